The largest absolute Gasteiger partial charge is 0.336 e. The Bertz CT molecular complexity index is 368. The lowest BCUT2D eigenvalue weighted by Gasteiger charge is -2.36. The van der Waals surface area contributed by atoms with Gasteiger partial charge >= 0.3 is 0 Å². The molecule has 2 unspecified atom stereocenters. The van der Waals surface area contributed by atoms with Gasteiger partial charge in [-0.1, -0.05) is 0 Å². The molecule has 86 valence electrons. The summed E-state index contributed by atoms with van der Waals surface area (Å²) in [7, 11) is 0. The van der Waals surface area contributed by atoms with E-state index in [9.17, 15) is 4.79 Å². The van der Waals surface area contributed by atoms with Crippen molar-refractivity contribution in [2.45, 2.75) is 31.8 Å². The second-order valence-corrected chi connectivity index (χ2v) is 4.26. The van der Waals surface area contributed by atoms with E-state index in [-0.39, 0.29) is 18.0 Å². The SMILES string of the molecule is CC1CC(N)CCN1C(=O)c1cncnc1. The van der Waals surface area contributed by atoms with E-state index in [2.05, 4.69) is 9.97 Å². The molecule has 1 aromatic rings. The van der Waals surface area contributed by atoms with Gasteiger partial charge in [0.1, 0.15) is 6.33 Å². The molecule has 0 bridgehead atoms. The van der Waals surface area contributed by atoms with Gasteiger partial charge in [-0.25, -0.2) is 9.97 Å². The van der Waals surface area contributed by atoms with Gasteiger partial charge in [0.2, 0.25) is 0 Å². The van der Waals surface area contributed by atoms with Crippen molar-refractivity contribution in [3.63, 3.8) is 0 Å². The van der Waals surface area contributed by atoms with Gasteiger partial charge in [-0.05, 0) is 19.8 Å². The van der Waals surface area contributed by atoms with Crippen LogP contribution in [0.1, 0.15) is 30.1 Å². The number of carbonyl (C=O) groups is 1. The third kappa shape index (κ3) is 2.19. The van der Waals surface area contributed by atoms with E-state index in [4.69, 9.17) is 5.73 Å². The Morgan fingerprint density at radius 2 is 2.19 bits per heavy atom. The molecule has 2 atom stereocenters. The zero-order chi connectivity index (χ0) is 11.5. The Morgan fingerprint density at radius 3 is 2.81 bits per heavy atom. The normalized spacial score (nSPS) is 25.5. The van der Waals surface area contributed by atoms with Crippen molar-refractivity contribution in [3.8, 4) is 0 Å². The molecule has 16 heavy (non-hydrogen) atoms. The number of carbonyl (C=O) groups excluding carboxylic acids is 1. The summed E-state index contributed by atoms with van der Waals surface area (Å²) < 4.78 is 0. The predicted octanol–water partition coefficient (Wildman–Crippen LogP) is 0.428. The second kappa shape index (κ2) is 4.57. The molecular formula is C11H16N4O. The summed E-state index contributed by atoms with van der Waals surface area (Å²) in [6, 6.07) is 0.405. The maximum atomic E-state index is 12.1. The van der Waals surface area contributed by atoms with Gasteiger partial charge in [0.15, 0.2) is 0 Å². The van der Waals surface area contributed by atoms with E-state index < -0.39 is 0 Å². The third-order valence-electron chi connectivity index (χ3n) is 2.99. The predicted molar refractivity (Wildman–Crippen MR) is 59.7 cm³/mol. The summed E-state index contributed by atoms with van der Waals surface area (Å²) in [6.07, 6.45) is 6.25. The van der Waals surface area contributed by atoms with Gasteiger partial charge in [-0.2, -0.15) is 0 Å². The number of amides is 1. The number of rotatable bonds is 1. The van der Waals surface area contributed by atoms with Crippen molar-refractivity contribution in [1.29, 1.82) is 0 Å². The Kier molecular flexibility index (Phi) is 3.14. The molecule has 1 aliphatic rings. The van der Waals surface area contributed by atoms with E-state index >= 15 is 0 Å². The quantitative estimate of drug-likeness (QED) is 0.745. The van der Waals surface area contributed by atoms with Crippen LogP contribution in [0, 0.1) is 0 Å². The molecule has 2 N–H and O–H groups in total. The van der Waals surface area contributed by atoms with Crippen molar-refractivity contribution >= 4 is 5.91 Å². The van der Waals surface area contributed by atoms with Crippen molar-refractivity contribution in [3.05, 3.63) is 24.3 Å². The highest BCUT2D eigenvalue weighted by Crippen LogP contribution is 2.18. The van der Waals surface area contributed by atoms with Gasteiger partial charge in [-0.15, -0.1) is 0 Å². The molecule has 0 aromatic carbocycles. The van der Waals surface area contributed by atoms with Crippen molar-refractivity contribution < 1.29 is 4.79 Å². The maximum absolute atomic E-state index is 12.1. The van der Waals surface area contributed by atoms with Crippen LogP contribution in [-0.4, -0.2) is 39.4 Å². The minimum Gasteiger partial charge on any atom is -0.336 e. The highest BCUT2D eigenvalue weighted by Gasteiger charge is 2.27. The molecule has 1 aliphatic heterocycles. The third-order valence-corrected chi connectivity index (χ3v) is 2.99. The lowest BCUT2D eigenvalue weighted by atomic mass is 9.98. The van der Waals surface area contributed by atoms with Crippen molar-refractivity contribution in [1.82, 2.24) is 14.9 Å². The molecule has 0 spiro atoms. The van der Waals surface area contributed by atoms with Crippen LogP contribution < -0.4 is 5.73 Å². The molecule has 0 aliphatic carbocycles. The smallest absolute Gasteiger partial charge is 0.257 e. The Balaban J connectivity index is 2.11. The average Bonchev–Trinajstić information content (AvgIpc) is 2.29. The first kappa shape index (κ1) is 11.0. The number of nitrogens with zero attached hydrogens (tertiary/aromatic N) is 3. The Labute approximate surface area is 94.7 Å². The summed E-state index contributed by atoms with van der Waals surface area (Å²) in [4.78, 5) is 21.7. The second-order valence-electron chi connectivity index (χ2n) is 4.26. The highest BCUT2D eigenvalue weighted by molar-refractivity contribution is 5.93. The maximum Gasteiger partial charge on any atom is 0.257 e. The minimum atomic E-state index is 0.000000000000000444. The Morgan fingerprint density at radius 1 is 1.50 bits per heavy atom. The van der Waals surface area contributed by atoms with Crippen LogP contribution in [-0.2, 0) is 0 Å². The van der Waals surface area contributed by atoms with Crippen LogP contribution >= 0.6 is 0 Å². The van der Waals surface area contributed by atoms with Crippen LogP contribution in [0.15, 0.2) is 18.7 Å². The number of aromatic nitrogens is 2. The summed E-state index contributed by atoms with van der Waals surface area (Å²) >= 11 is 0. The number of hydrogen-bond acceptors (Lipinski definition) is 4. The Hall–Kier alpha value is -1.49. The number of hydrogen-bond donors (Lipinski definition) is 1. The molecule has 2 rings (SSSR count). The molecule has 1 amide bonds. The molecule has 1 fully saturated rings. The lowest BCUT2D eigenvalue weighted by molar-refractivity contribution is 0.0618. The van der Waals surface area contributed by atoms with Crippen LogP contribution in [0.3, 0.4) is 0 Å². The van der Waals surface area contributed by atoms with E-state index in [1.54, 1.807) is 12.4 Å². The number of nitrogens with two attached hydrogens (primary N) is 1. The topological polar surface area (TPSA) is 72.1 Å². The average molecular weight is 220 g/mol. The molecule has 2 heterocycles. The van der Waals surface area contributed by atoms with E-state index in [1.807, 2.05) is 11.8 Å². The fraction of sp³-hybridized carbons (Fsp3) is 0.545. The summed E-state index contributed by atoms with van der Waals surface area (Å²) in [6.45, 7) is 2.75. The van der Waals surface area contributed by atoms with E-state index in [1.165, 1.54) is 6.33 Å². The molecule has 1 aromatic heterocycles. The zero-order valence-corrected chi connectivity index (χ0v) is 9.34. The monoisotopic (exact) mass is 220 g/mol. The van der Waals surface area contributed by atoms with E-state index in [0.717, 1.165) is 19.4 Å². The van der Waals surface area contributed by atoms with Gasteiger partial charge in [-0.3, -0.25) is 4.79 Å². The van der Waals surface area contributed by atoms with Gasteiger partial charge in [0, 0.05) is 31.0 Å². The van der Waals surface area contributed by atoms with Gasteiger partial charge in [0.05, 0.1) is 5.56 Å². The summed E-state index contributed by atoms with van der Waals surface area (Å²) in [5.74, 6) is 0.000000000000000444. The molecular weight excluding hydrogens is 204 g/mol. The fourth-order valence-corrected chi connectivity index (χ4v) is 2.09. The van der Waals surface area contributed by atoms with Crippen LogP contribution in [0.5, 0.6) is 0 Å². The van der Waals surface area contributed by atoms with Crippen LogP contribution in [0.25, 0.3) is 0 Å². The molecule has 0 radical (unpaired) electrons. The van der Waals surface area contributed by atoms with Gasteiger partial charge < -0.3 is 10.6 Å². The standard InChI is InChI=1S/C11H16N4O/c1-8-4-10(12)2-3-15(8)11(16)9-5-13-7-14-6-9/h5-8,10H,2-4,12H2,1H3. The molecule has 5 heteroatoms. The highest BCUT2D eigenvalue weighted by atomic mass is 16.2. The minimum absolute atomic E-state index is 0.000000000000000444. The fourth-order valence-electron chi connectivity index (χ4n) is 2.09. The first-order valence-corrected chi connectivity index (χ1v) is 5.50. The number of piperidine rings is 1. The number of likely N-dealkylation sites (tertiary alicyclic amines) is 1. The zero-order valence-electron chi connectivity index (χ0n) is 9.34. The molecule has 0 saturated carbocycles. The summed E-state index contributed by atoms with van der Waals surface area (Å²) in [5, 5.41) is 0. The summed E-state index contributed by atoms with van der Waals surface area (Å²) in [5.41, 5.74) is 6.41. The lowest BCUT2D eigenvalue weighted by Crippen LogP contribution is -2.48. The van der Waals surface area contributed by atoms with Gasteiger partial charge in [0.25, 0.3) is 5.91 Å². The van der Waals surface area contributed by atoms with Crippen LogP contribution in [0.2, 0.25) is 0 Å². The van der Waals surface area contributed by atoms with Crippen molar-refractivity contribution in [2.75, 3.05) is 6.54 Å². The van der Waals surface area contributed by atoms with E-state index in [0.29, 0.717) is 5.56 Å². The van der Waals surface area contributed by atoms with Crippen molar-refractivity contribution in [2.24, 2.45) is 5.73 Å². The first-order chi connectivity index (χ1) is 7.68. The molecule has 5 nitrogen and oxygen atoms in total. The molecule has 1 saturated heterocycles. The van der Waals surface area contributed by atoms with Crippen LogP contribution in [0.4, 0.5) is 0 Å². The first-order valence-electron chi connectivity index (χ1n) is 5.50.